The predicted octanol–water partition coefficient (Wildman–Crippen LogP) is 5.45. The number of benzene rings is 3. The number of hydrogen-bond donors (Lipinski definition) is 1. The highest BCUT2D eigenvalue weighted by Gasteiger charge is 2.33. The zero-order valence-corrected chi connectivity index (χ0v) is 24.3. The van der Waals surface area contributed by atoms with Crippen LogP contribution in [-0.4, -0.2) is 51.0 Å². The van der Waals surface area contributed by atoms with Gasteiger partial charge in [0.05, 0.1) is 11.9 Å². The van der Waals surface area contributed by atoms with Crippen molar-refractivity contribution in [1.29, 1.82) is 0 Å². The predicted molar refractivity (Wildman–Crippen MR) is 154 cm³/mol. The molecule has 0 aromatic heterocycles. The Morgan fingerprint density at radius 2 is 1.53 bits per heavy atom. The highest BCUT2D eigenvalue weighted by Crippen LogP contribution is 2.28. The first kappa shape index (κ1) is 30.1. The summed E-state index contributed by atoms with van der Waals surface area (Å²) in [5.74, 6) is -1.06. The van der Waals surface area contributed by atoms with Gasteiger partial charge in [0, 0.05) is 40.1 Å². The number of halogens is 4. The summed E-state index contributed by atoms with van der Waals surface area (Å²) in [7, 11) is -2.49. The Morgan fingerprint density at radius 1 is 0.895 bits per heavy atom. The van der Waals surface area contributed by atoms with E-state index < -0.39 is 34.4 Å². The number of nitrogens with one attached hydrogen (secondary N) is 1. The van der Waals surface area contributed by atoms with E-state index in [1.807, 2.05) is 30.3 Å². The van der Waals surface area contributed by atoms with Gasteiger partial charge in [0.25, 0.3) is 0 Å². The molecular weight excluding hydrogens is 592 g/mol. The van der Waals surface area contributed by atoms with E-state index in [1.54, 1.807) is 12.1 Å². The standard InChI is InChI=1S/C26H25Cl4N3O4S/c1-31-26(35)24(10-17-6-4-3-5-7-17)32(15-18-8-9-19(27)14-23(18)30)25(34)16-33(38(2,36)37)22-12-20(28)11-21(29)13-22/h3-9,11-14,24H,10,15-16H2,1-2H3,(H,31,35). The smallest absolute Gasteiger partial charge is 0.244 e. The van der Waals surface area contributed by atoms with Crippen LogP contribution in [-0.2, 0) is 32.6 Å². The van der Waals surface area contributed by atoms with E-state index in [1.165, 1.54) is 36.2 Å². The summed E-state index contributed by atoms with van der Waals surface area (Å²) in [6.07, 6.45) is 1.15. The van der Waals surface area contributed by atoms with Crippen LogP contribution in [0.25, 0.3) is 0 Å². The minimum Gasteiger partial charge on any atom is -0.357 e. The molecule has 202 valence electrons. The summed E-state index contributed by atoms with van der Waals surface area (Å²) in [5.41, 5.74) is 1.45. The van der Waals surface area contributed by atoms with Gasteiger partial charge in [0.2, 0.25) is 21.8 Å². The fraction of sp³-hybridized carbons (Fsp3) is 0.231. The molecule has 1 N–H and O–H groups in total. The number of hydrogen-bond acceptors (Lipinski definition) is 4. The molecule has 38 heavy (non-hydrogen) atoms. The Hall–Kier alpha value is -2.49. The van der Waals surface area contributed by atoms with E-state index in [0.717, 1.165) is 16.1 Å². The average Bonchev–Trinajstić information content (AvgIpc) is 2.84. The molecule has 1 atom stereocenters. The van der Waals surface area contributed by atoms with Crippen LogP contribution in [0.5, 0.6) is 0 Å². The number of nitrogens with zero attached hydrogens (tertiary/aromatic N) is 2. The van der Waals surface area contributed by atoms with Gasteiger partial charge in [0.1, 0.15) is 12.6 Å². The molecule has 0 radical (unpaired) electrons. The molecule has 7 nitrogen and oxygen atoms in total. The number of carbonyl (C=O) groups excluding carboxylic acids is 2. The molecule has 0 bridgehead atoms. The molecule has 0 saturated carbocycles. The first-order valence-corrected chi connectivity index (χ1v) is 14.7. The van der Waals surface area contributed by atoms with Crippen molar-refractivity contribution in [3.63, 3.8) is 0 Å². The molecule has 0 fully saturated rings. The maximum absolute atomic E-state index is 13.9. The topological polar surface area (TPSA) is 86.8 Å². The lowest BCUT2D eigenvalue weighted by atomic mass is 10.0. The van der Waals surface area contributed by atoms with E-state index in [0.29, 0.717) is 15.6 Å². The Bertz CT molecular complexity index is 1400. The lowest BCUT2D eigenvalue weighted by Crippen LogP contribution is -2.52. The third-order valence-electron chi connectivity index (χ3n) is 5.69. The monoisotopic (exact) mass is 615 g/mol. The van der Waals surface area contributed by atoms with Gasteiger partial charge >= 0.3 is 0 Å². The van der Waals surface area contributed by atoms with Gasteiger partial charge in [-0.15, -0.1) is 0 Å². The Balaban J connectivity index is 2.07. The third-order valence-corrected chi connectivity index (χ3v) is 7.85. The van der Waals surface area contributed by atoms with Crippen molar-refractivity contribution in [3.8, 4) is 0 Å². The van der Waals surface area contributed by atoms with Crippen LogP contribution in [0, 0.1) is 0 Å². The van der Waals surface area contributed by atoms with Gasteiger partial charge in [0.15, 0.2) is 0 Å². The lowest BCUT2D eigenvalue weighted by molar-refractivity contribution is -0.139. The fourth-order valence-corrected chi connectivity index (χ4v) is 5.67. The average molecular weight is 617 g/mol. The summed E-state index contributed by atoms with van der Waals surface area (Å²) in [5, 5.41) is 3.71. The molecule has 3 rings (SSSR count). The molecule has 0 aliphatic carbocycles. The van der Waals surface area contributed by atoms with Crippen molar-refractivity contribution < 1.29 is 18.0 Å². The van der Waals surface area contributed by atoms with Gasteiger partial charge in [-0.25, -0.2) is 8.42 Å². The second-order valence-electron chi connectivity index (χ2n) is 8.47. The summed E-state index contributed by atoms with van der Waals surface area (Å²) < 4.78 is 26.4. The number of carbonyl (C=O) groups is 2. The Kier molecular flexibility index (Phi) is 10.3. The summed E-state index contributed by atoms with van der Waals surface area (Å²) >= 11 is 24.7. The minimum atomic E-state index is -3.95. The van der Waals surface area contributed by atoms with Crippen molar-refractivity contribution in [3.05, 3.63) is 97.9 Å². The maximum Gasteiger partial charge on any atom is 0.244 e. The van der Waals surface area contributed by atoms with Gasteiger partial charge in [-0.05, 0) is 41.5 Å². The van der Waals surface area contributed by atoms with Crippen LogP contribution in [0.3, 0.4) is 0 Å². The molecule has 0 aliphatic heterocycles. The normalized spacial score (nSPS) is 12.1. The molecule has 0 spiro atoms. The van der Waals surface area contributed by atoms with Crippen LogP contribution in [0.2, 0.25) is 20.1 Å². The zero-order valence-electron chi connectivity index (χ0n) is 20.5. The second kappa shape index (κ2) is 13.0. The molecule has 3 aromatic rings. The van der Waals surface area contributed by atoms with E-state index in [9.17, 15) is 18.0 Å². The lowest BCUT2D eigenvalue weighted by Gasteiger charge is -2.33. The quantitative estimate of drug-likeness (QED) is 0.328. The third kappa shape index (κ3) is 8.01. The Labute approximate surface area is 242 Å². The molecular formula is C26H25Cl4N3O4S. The largest absolute Gasteiger partial charge is 0.357 e. The van der Waals surface area contributed by atoms with Crippen molar-refractivity contribution in [2.24, 2.45) is 0 Å². The van der Waals surface area contributed by atoms with Gasteiger partial charge in [-0.3, -0.25) is 13.9 Å². The van der Waals surface area contributed by atoms with Crippen LogP contribution in [0.1, 0.15) is 11.1 Å². The number of amides is 2. The highest BCUT2D eigenvalue weighted by molar-refractivity contribution is 7.92. The van der Waals surface area contributed by atoms with E-state index in [-0.39, 0.29) is 28.7 Å². The summed E-state index contributed by atoms with van der Waals surface area (Å²) in [6.45, 7) is -0.684. The van der Waals surface area contributed by atoms with Gasteiger partial charge < -0.3 is 10.2 Å². The fourth-order valence-electron chi connectivity index (χ4n) is 3.85. The number of likely N-dealkylation sites (N-methyl/N-ethyl adjacent to an activating group) is 1. The van der Waals surface area contributed by atoms with Gasteiger partial charge in [-0.1, -0.05) is 82.8 Å². The van der Waals surface area contributed by atoms with Crippen LogP contribution in [0.15, 0.2) is 66.7 Å². The molecule has 2 amide bonds. The molecule has 1 unspecified atom stereocenters. The van der Waals surface area contributed by atoms with Crippen molar-refractivity contribution in [1.82, 2.24) is 10.2 Å². The van der Waals surface area contributed by atoms with Crippen LogP contribution in [0.4, 0.5) is 5.69 Å². The second-order valence-corrected chi connectivity index (χ2v) is 12.1. The summed E-state index contributed by atoms with van der Waals surface area (Å²) in [6, 6.07) is 17.2. The minimum absolute atomic E-state index is 0.0757. The summed E-state index contributed by atoms with van der Waals surface area (Å²) in [4.78, 5) is 28.3. The van der Waals surface area contributed by atoms with E-state index in [4.69, 9.17) is 46.4 Å². The van der Waals surface area contributed by atoms with E-state index in [2.05, 4.69) is 5.32 Å². The highest BCUT2D eigenvalue weighted by atomic mass is 35.5. The molecule has 0 saturated heterocycles. The van der Waals surface area contributed by atoms with Crippen molar-refractivity contribution in [2.45, 2.75) is 19.0 Å². The molecule has 0 aliphatic rings. The molecule has 3 aromatic carbocycles. The first-order valence-electron chi connectivity index (χ1n) is 11.3. The number of rotatable bonds is 10. The maximum atomic E-state index is 13.9. The van der Waals surface area contributed by atoms with Crippen LogP contribution >= 0.6 is 46.4 Å². The van der Waals surface area contributed by atoms with Crippen molar-refractivity contribution in [2.75, 3.05) is 24.2 Å². The number of sulfonamides is 1. The number of anilines is 1. The molecule has 0 heterocycles. The van der Waals surface area contributed by atoms with Crippen molar-refractivity contribution >= 4 is 73.9 Å². The van der Waals surface area contributed by atoms with Crippen LogP contribution < -0.4 is 9.62 Å². The zero-order chi connectivity index (χ0) is 28.0. The van der Waals surface area contributed by atoms with Gasteiger partial charge in [-0.2, -0.15) is 0 Å². The first-order chi connectivity index (χ1) is 17.9. The van der Waals surface area contributed by atoms with E-state index >= 15 is 0 Å². The molecule has 12 heteroatoms. The Morgan fingerprint density at radius 3 is 2.08 bits per heavy atom. The SMILES string of the molecule is CNC(=O)C(Cc1ccccc1)N(Cc1ccc(Cl)cc1Cl)C(=O)CN(c1cc(Cl)cc(Cl)c1)S(C)(=O)=O.